The fourth-order valence-corrected chi connectivity index (χ4v) is 3.69. The van der Waals surface area contributed by atoms with Crippen LogP contribution in [-0.4, -0.2) is 59.6 Å². The number of carboxylic acids is 1. The Labute approximate surface area is 171 Å². The number of carboxylic acid groups (broad SMARTS) is 1. The van der Waals surface area contributed by atoms with E-state index in [1.165, 1.54) is 23.9 Å². The van der Waals surface area contributed by atoms with Gasteiger partial charge in [-0.05, 0) is 49.7 Å². The molecule has 6 nitrogen and oxygen atoms in total. The third-order valence-corrected chi connectivity index (χ3v) is 5.42. The van der Waals surface area contributed by atoms with E-state index in [4.69, 9.17) is 5.11 Å². The number of ketones is 1. The van der Waals surface area contributed by atoms with Crippen molar-refractivity contribution in [2.24, 2.45) is 0 Å². The van der Waals surface area contributed by atoms with Gasteiger partial charge in [-0.1, -0.05) is 24.6 Å². The first-order chi connectivity index (χ1) is 14.0. The van der Waals surface area contributed by atoms with Crippen LogP contribution >= 0.6 is 0 Å². The Bertz CT molecular complexity index is 830. The molecule has 3 rings (SSSR count). The van der Waals surface area contributed by atoms with Gasteiger partial charge in [0.05, 0.1) is 0 Å². The summed E-state index contributed by atoms with van der Waals surface area (Å²) in [6, 6.07) is 14.5. The minimum absolute atomic E-state index is 0.0797. The van der Waals surface area contributed by atoms with Crippen LogP contribution in [0.3, 0.4) is 0 Å². The molecule has 154 valence electrons. The molecule has 1 fully saturated rings. The third-order valence-electron chi connectivity index (χ3n) is 5.42. The molecule has 1 aliphatic heterocycles. The van der Waals surface area contributed by atoms with Gasteiger partial charge in [-0.15, -0.1) is 0 Å². The normalized spacial score (nSPS) is 14.7. The van der Waals surface area contributed by atoms with Crippen molar-refractivity contribution < 1.29 is 19.8 Å². The van der Waals surface area contributed by atoms with Gasteiger partial charge in [-0.25, -0.2) is 4.79 Å². The second kappa shape index (κ2) is 10.1. The smallest absolute Gasteiger partial charge is 0.339 e. The average molecular weight is 396 g/mol. The highest BCUT2D eigenvalue weighted by Crippen LogP contribution is 2.20. The molecule has 29 heavy (non-hydrogen) atoms. The quantitative estimate of drug-likeness (QED) is 0.497. The molecular weight excluding hydrogens is 368 g/mol. The predicted octanol–water partition coefficient (Wildman–Crippen LogP) is 3.66. The maximum absolute atomic E-state index is 12.3. The first-order valence-electron chi connectivity index (χ1n) is 10.2. The minimum Gasteiger partial charge on any atom is -0.507 e. The van der Waals surface area contributed by atoms with Crippen molar-refractivity contribution in [3.05, 3.63) is 59.7 Å². The van der Waals surface area contributed by atoms with Crippen molar-refractivity contribution in [1.82, 2.24) is 4.90 Å². The van der Waals surface area contributed by atoms with Crippen LogP contribution in [0.2, 0.25) is 0 Å². The van der Waals surface area contributed by atoms with Crippen LogP contribution < -0.4 is 4.90 Å². The SMILES string of the molecule is O=C(CCCCCN1CCN(c2ccccc2)CC1)c1ccc(O)c(C(=O)O)c1. The molecule has 2 aromatic rings. The average Bonchev–Trinajstić information content (AvgIpc) is 2.74. The van der Waals surface area contributed by atoms with Crippen LogP contribution in [0, 0.1) is 0 Å². The van der Waals surface area contributed by atoms with E-state index in [9.17, 15) is 14.7 Å². The summed E-state index contributed by atoms with van der Waals surface area (Å²) < 4.78 is 0. The van der Waals surface area contributed by atoms with Crippen LogP contribution in [0.1, 0.15) is 46.4 Å². The van der Waals surface area contributed by atoms with E-state index < -0.39 is 5.97 Å². The molecule has 0 unspecified atom stereocenters. The Kier molecular flexibility index (Phi) is 7.25. The Morgan fingerprint density at radius 2 is 1.62 bits per heavy atom. The van der Waals surface area contributed by atoms with Crippen molar-refractivity contribution in [3.8, 4) is 5.75 Å². The second-order valence-electron chi connectivity index (χ2n) is 7.44. The summed E-state index contributed by atoms with van der Waals surface area (Å²) in [5.41, 5.74) is 1.40. The maximum Gasteiger partial charge on any atom is 0.339 e. The van der Waals surface area contributed by atoms with E-state index in [1.54, 1.807) is 0 Å². The second-order valence-corrected chi connectivity index (χ2v) is 7.44. The molecule has 1 aliphatic rings. The summed E-state index contributed by atoms with van der Waals surface area (Å²) in [6.07, 6.45) is 3.20. The van der Waals surface area contributed by atoms with Gasteiger partial charge >= 0.3 is 5.97 Å². The van der Waals surface area contributed by atoms with Crippen molar-refractivity contribution in [2.45, 2.75) is 25.7 Å². The fourth-order valence-electron chi connectivity index (χ4n) is 3.69. The van der Waals surface area contributed by atoms with E-state index in [1.807, 2.05) is 6.07 Å². The summed E-state index contributed by atoms with van der Waals surface area (Å²) in [5, 5.41) is 18.6. The van der Waals surface area contributed by atoms with Crippen molar-refractivity contribution in [3.63, 3.8) is 0 Å². The number of para-hydroxylation sites is 1. The van der Waals surface area contributed by atoms with E-state index in [2.05, 4.69) is 34.1 Å². The molecule has 0 radical (unpaired) electrons. The highest BCUT2D eigenvalue weighted by Gasteiger charge is 2.17. The number of carbonyl (C=O) groups is 2. The van der Waals surface area contributed by atoms with E-state index in [-0.39, 0.29) is 17.1 Å². The molecule has 0 bridgehead atoms. The van der Waals surface area contributed by atoms with E-state index >= 15 is 0 Å². The number of aromatic carboxylic acids is 1. The maximum atomic E-state index is 12.3. The van der Waals surface area contributed by atoms with E-state index in [0.29, 0.717) is 12.0 Å². The number of hydrogen-bond donors (Lipinski definition) is 2. The summed E-state index contributed by atoms with van der Waals surface area (Å²) in [7, 11) is 0. The van der Waals surface area contributed by atoms with Crippen LogP contribution in [0.5, 0.6) is 5.75 Å². The lowest BCUT2D eigenvalue weighted by atomic mass is 10.0. The number of benzene rings is 2. The van der Waals surface area contributed by atoms with E-state index in [0.717, 1.165) is 52.0 Å². The molecule has 0 atom stereocenters. The van der Waals surface area contributed by atoms with Crippen molar-refractivity contribution in [1.29, 1.82) is 0 Å². The number of unbranched alkanes of at least 4 members (excludes halogenated alkanes) is 2. The Balaban J connectivity index is 1.34. The third kappa shape index (κ3) is 5.81. The molecule has 6 heteroatoms. The van der Waals surface area contributed by atoms with Gasteiger partial charge in [-0.3, -0.25) is 9.69 Å². The molecule has 1 saturated heterocycles. The molecule has 0 aliphatic carbocycles. The first-order valence-corrected chi connectivity index (χ1v) is 10.2. The van der Waals surface area contributed by atoms with Gasteiger partial charge < -0.3 is 15.1 Å². The van der Waals surface area contributed by atoms with Gasteiger partial charge in [0.25, 0.3) is 0 Å². The summed E-state index contributed by atoms with van der Waals surface area (Å²) in [6.45, 7) is 5.22. The minimum atomic E-state index is -1.23. The van der Waals surface area contributed by atoms with Crippen LogP contribution in [-0.2, 0) is 0 Å². The highest BCUT2D eigenvalue weighted by molar-refractivity contribution is 5.99. The lowest BCUT2D eigenvalue weighted by Crippen LogP contribution is -2.46. The van der Waals surface area contributed by atoms with Crippen LogP contribution in [0.4, 0.5) is 5.69 Å². The summed E-state index contributed by atoms with van der Waals surface area (Å²) >= 11 is 0. The molecule has 0 amide bonds. The number of piperazine rings is 1. The largest absolute Gasteiger partial charge is 0.507 e. The predicted molar refractivity (Wildman–Crippen MR) is 113 cm³/mol. The molecule has 0 aromatic heterocycles. The van der Waals surface area contributed by atoms with Crippen LogP contribution in [0.25, 0.3) is 0 Å². The van der Waals surface area contributed by atoms with Gasteiger partial charge in [0.2, 0.25) is 0 Å². The van der Waals surface area contributed by atoms with Gasteiger partial charge in [-0.2, -0.15) is 0 Å². The zero-order valence-corrected chi connectivity index (χ0v) is 16.6. The van der Waals surface area contributed by atoms with Gasteiger partial charge in [0.15, 0.2) is 5.78 Å². The van der Waals surface area contributed by atoms with Gasteiger partial charge in [0, 0.05) is 43.9 Å². The fraction of sp³-hybridized carbons (Fsp3) is 0.391. The highest BCUT2D eigenvalue weighted by atomic mass is 16.4. The number of nitrogens with zero attached hydrogens (tertiary/aromatic N) is 2. The number of Topliss-reactive ketones (excluding diaryl/α,β-unsaturated/α-hetero) is 1. The van der Waals surface area contributed by atoms with Crippen molar-refractivity contribution in [2.75, 3.05) is 37.6 Å². The monoisotopic (exact) mass is 396 g/mol. The molecule has 2 N–H and O–H groups in total. The number of hydrogen-bond acceptors (Lipinski definition) is 5. The summed E-state index contributed by atoms with van der Waals surface area (Å²) in [4.78, 5) is 28.2. The lowest BCUT2D eigenvalue weighted by Gasteiger charge is -2.36. The number of rotatable bonds is 9. The lowest BCUT2D eigenvalue weighted by molar-refractivity contribution is 0.0693. The molecule has 0 spiro atoms. The molecule has 0 saturated carbocycles. The zero-order chi connectivity index (χ0) is 20.6. The number of aromatic hydroxyl groups is 1. The number of phenols is 1. The molecule has 1 heterocycles. The molecule has 2 aromatic carbocycles. The Hall–Kier alpha value is -2.86. The summed E-state index contributed by atoms with van der Waals surface area (Å²) in [5.74, 6) is -1.63. The first kappa shape index (κ1) is 20.9. The van der Waals surface area contributed by atoms with Gasteiger partial charge in [0.1, 0.15) is 11.3 Å². The Morgan fingerprint density at radius 3 is 2.31 bits per heavy atom. The van der Waals surface area contributed by atoms with Crippen molar-refractivity contribution >= 4 is 17.4 Å². The molecular formula is C23H28N2O4. The topological polar surface area (TPSA) is 81.1 Å². The number of carbonyl (C=O) groups excluding carboxylic acids is 1. The Morgan fingerprint density at radius 1 is 0.897 bits per heavy atom. The number of anilines is 1. The zero-order valence-electron chi connectivity index (χ0n) is 16.6. The van der Waals surface area contributed by atoms with Crippen LogP contribution in [0.15, 0.2) is 48.5 Å². The standard InChI is InChI=1S/C23H28N2O4/c26-21(18-10-11-22(27)20(17-18)23(28)29)9-5-2-6-12-24-13-15-25(16-14-24)19-7-3-1-4-8-19/h1,3-4,7-8,10-11,17,27H,2,5-6,9,12-16H2,(H,28,29).